The first-order valence-corrected chi connectivity index (χ1v) is 6.29. The van der Waals surface area contributed by atoms with Crippen LogP contribution < -0.4 is 4.90 Å². The molecule has 0 aliphatic carbocycles. The van der Waals surface area contributed by atoms with Gasteiger partial charge < -0.3 is 15.1 Å². The number of aliphatic hydroxyl groups excluding tert-OH is 2. The van der Waals surface area contributed by atoms with Gasteiger partial charge >= 0.3 is 0 Å². The van der Waals surface area contributed by atoms with Crippen LogP contribution in [0.15, 0.2) is 24.3 Å². The van der Waals surface area contributed by atoms with Gasteiger partial charge in [-0.3, -0.25) is 0 Å². The topological polar surface area (TPSA) is 43.7 Å². The summed E-state index contributed by atoms with van der Waals surface area (Å²) in [6.07, 6.45) is 0.160. The Morgan fingerprint density at radius 3 is 2.71 bits per heavy atom. The Bertz CT molecular complexity index is 378. The van der Waals surface area contributed by atoms with Gasteiger partial charge in [0.05, 0.1) is 12.2 Å². The average molecular weight is 235 g/mol. The van der Waals surface area contributed by atoms with Crippen molar-refractivity contribution in [3.8, 4) is 0 Å². The van der Waals surface area contributed by atoms with Crippen LogP contribution in [0.2, 0.25) is 0 Å². The van der Waals surface area contributed by atoms with E-state index in [-0.39, 0.29) is 12.0 Å². The van der Waals surface area contributed by atoms with Crippen molar-refractivity contribution >= 4 is 5.69 Å². The number of nitrogens with zero attached hydrogens (tertiary/aromatic N) is 1. The molecule has 1 aromatic carbocycles. The summed E-state index contributed by atoms with van der Waals surface area (Å²) in [7, 11) is 0. The van der Waals surface area contributed by atoms with Crippen LogP contribution >= 0.6 is 0 Å². The largest absolute Gasteiger partial charge is 0.393 e. The monoisotopic (exact) mass is 235 g/mol. The lowest BCUT2D eigenvalue weighted by Crippen LogP contribution is -2.42. The van der Waals surface area contributed by atoms with E-state index < -0.39 is 6.10 Å². The molecule has 0 amide bonds. The fraction of sp³-hybridized carbons (Fsp3) is 0.571. The third kappa shape index (κ3) is 2.61. The smallest absolute Gasteiger partial charge is 0.0781 e. The molecule has 2 N–H and O–H groups in total. The van der Waals surface area contributed by atoms with E-state index in [1.54, 1.807) is 6.92 Å². The summed E-state index contributed by atoms with van der Waals surface area (Å²) in [4.78, 5) is 2.26. The lowest BCUT2D eigenvalue weighted by atomic mass is 9.95. The molecule has 0 aromatic heterocycles. The van der Waals surface area contributed by atoms with E-state index in [4.69, 9.17) is 0 Å². The first-order chi connectivity index (χ1) is 8.09. The molecule has 1 aliphatic rings. The van der Waals surface area contributed by atoms with E-state index in [1.165, 1.54) is 0 Å². The third-order valence-corrected chi connectivity index (χ3v) is 3.59. The summed E-state index contributed by atoms with van der Waals surface area (Å²) in [5, 5.41) is 19.5. The van der Waals surface area contributed by atoms with Gasteiger partial charge in [-0.15, -0.1) is 0 Å². The second-order valence-corrected chi connectivity index (χ2v) is 5.01. The van der Waals surface area contributed by atoms with E-state index in [1.807, 2.05) is 24.3 Å². The van der Waals surface area contributed by atoms with E-state index in [0.29, 0.717) is 0 Å². The Morgan fingerprint density at radius 1 is 1.35 bits per heavy atom. The van der Waals surface area contributed by atoms with Crippen LogP contribution in [-0.2, 0) is 0 Å². The second kappa shape index (κ2) is 5.07. The van der Waals surface area contributed by atoms with Gasteiger partial charge in [-0.2, -0.15) is 0 Å². The van der Waals surface area contributed by atoms with Crippen molar-refractivity contribution in [2.75, 3.05) is 18.0 Å². The summed E-state index contributed by atoms with van der Waals surface area (Å²) in [6, 6.07) is 7.97. The van der Waals surface area contributed by atoms with Crippen LogP contribution in [0.3, 0.4) is 0 Å². The highest BCUT2D eigenvalue weighted by Crippen LogP contribution is 2.29. The van der Waals surface area contributed by atoms with Gasteiger partial charge in [0.25, 0.3) is 0 Å². The Hall–Kier alpha value is -1.06. The summed E-state index contributed by atoms with van der Waals surface area (Å²) in [6.45, 7) is 5.57. The Balaban J connectivity index is 2.22. The molecular weight excluding hydrogens is 214 g/mol. The highest BCUT2D eigenvalue weighted by Gasteiger charge is 2.25. The number of rotatable bonds is 2. The molecule has 1 fully saturated rings. The van der Waals surface area contributed by atoms with Gasteiger partial charge in [0.15, 0.2) is 0 Å². The number of hydrogen-bond donors (Lipinski definition) is 2. The normalized spacial score (nSPS) is 26.9. The first-order valence-electron chi connectivity index (χ1n) is 6.29. The molecule has 1 heterocycles. The molecule has 3 heteroatoms. The van der Waals surface area contributed by atoms with Crippen molar-refractivity contribution < 1.29 is 10.2 Å². The molecule has 0 radical (unpaired) electrons. The summed E-state index contributed by atoms with van der Waals surface area (Å²) in [5.41, 5.74) is 2.07. The predicted molar refractivity (Wildman–Crippen MR) is 69.1 cm³/mol. The number of para-hydroxylation sites is 1. The maximum Gasteiger partial charge on any atom is 0.0781 e. The lowest BCUT2D eigenvalue weighted by molar-refractivity contribution is 0.0968. The van der Waals surface area contributed by atoms with Gasteiger partial charge in [0.2, 0.25) is 0 Å². The second-order valence-electron chi connectivity index (χ2n) is 5.01. The maximum atomic E-state index is 9.78. The van der Waals surface area contributed by atoms with E-state index in [0.717, 1.165) is 30.8 Å². The molecule has 1 aliphatic heterocycles. The molecule has 3 nitrogen and oxygen atoms in total. The maximum absolute atomic E-state index is 9.78. The van der Waals surface area contributed by atoms with Gasteiger partial charge in [0, 0.05) is 24.3 Å². The fourth-order valence-electron chi connectivity index (χ4n) is 2.48. The van der Waals surface area contributed by atoms with Gasteiger partial charge in [0.1, 0.15) is 0 Å². The highest BCUT2D eigenvalue weighted by molar-refractivity contribution is 5.54. The summed E-state index contributed by atoms with van der Waals surface area (Å²) < 4.78 is 0. The number of aliphatic hydroxyl groups is 2. The molecule has 0 spiro atoms. The quantitative estimate of drug-likeness (QED) is 0.823. The van der Waals surface area contributed by atoms with Crippen LogP contribution in [0.25, 0.3) is 0 Å². The first kappa shape index (κ1) is 12.4. The summed E-state index contributed by atoms with van der Waals surface area (Å²) >= 11 is 0. The summed E-state index contributed by atoms with van der Waals surface area (Å²) in [5.74, 6) is 0.283. The van der Waals surface area contributed by atoms with Crippen LogP contribution in [0, 0.1) is 5.92 Å². The molecule has 94 valence electrons. The molecule has 0 saturated carbocycles. The molecule has 3 atom stereocenters. The molecule has 1 saturated heterocycles. The molecule has 1 aromatic rings. The van der Waals surface area contributed by atoms with Crippen LogP contribution in [0.1, 0.15) is 31.9 Å². The molecule has 17 heavy (non-hydrogen) atoms. The van der Waals surface area contributed by atoms with Crippen molar-refractivity contribution in [1.29, 1.82) is 0 Å². The SMILES string of the molecule is CC1CN(c2ccccc2[C@H](C)O)CCC1O. The van der Waals surface area contributed by atoms with Crippen molar-refractivity contribution in [2.24, 2.45) is 5.92 Å². The minimum Gasteiger partial charge on any atom is -0.393 e. The van der Waals surface area contributed by atoms with Crippen LogP contribution in [0.5, 0.6) is 0 Å². The Kier molecular flexibility index (Phi) is 3.69. The number of benzene rings is 1. The third-order valence-electron chi connectivity index (χ3n) is 3.59. The molecule has 0 bridgehead atoms. The molecule has 2 unspecified atom stereocenters. The average Bonchev–Trinajstić information content (AvgIpc) is 2.32. The highest BCUT2D eigenvalue weighted by atomic mass is 16.3. The van der Waals surface area contributed by atoms with E-state index in [2.05, 4.69) is 11.8 Å². The van der Waals surface area contributed by atoms with Crippen molar-refractivity contribution in [3.05, 3.63) is 29.8 Å². The zero-order valence-electron chi connectivity index (χ0n) is 10.5. The molecule has 2 rings (SSSR count). The minimum atomic E-state index is -0.451. The zero-order chi connectivity index (χ0) is 12.4. The van der Waals surface area contributed by atoms with Gasteiger partial charge in [-0.25, -0.2) is 0 Å². The lowest BCUT2D eigenvalue weighted by Gasteiger charge is -2.37. The van der Waals surface area contributed by atoms with Crippen molar-refractivity contribution in [3.63, 3.8) is 0 Å². The van der Waals surface area contributed by atoms with Crippen molar-refractivity contribution in [1.82, 2.24) is 0 Å². The standard InChI is InChI=1S/C14H21NO2/c1-10-9-15(8-7-14(10)17)13-6-4-3-5-12(13)11(2)16/h3-6,10-11,14,16-17H,7-9H2,1-2H3/t10?,11-,14?/m0/s1. The fourth-order valence-corrected chi connectivity index (χ4v) is 2.48. The number of hydrogen-bond acceptors (Lipinski definition) is 3. The van der Waals surface area contributed by atoms with Crippen LogP contribution in [0.4, 0.5) is 5.69 Å². The Morgan fingerprint density at radius 2 is 2.06 bits per heavy atom. The Labute approximate surface area is 103 Å². The minimum absolute atomic E-state index is 0.190. The van der Waals surface area contributed by atoms with Crippen molar-refractivity contribution in [2.45, 2.75) is 32.5 Å². The van der Waals surface area contributed by atoms with Gasteiger partial charge in [-0.1, -0.05) is 25.1 Å². The zero-order valence-corrected chi connectivity index (χ0v) is 10.5. The predicted octanol–water partition coefficient (Wildman–Crippen LogP) is 1.95. The number of piperidine rings is 1. The van der Waals surface area contributed by atoms with E-state index >= 15 is 0 Å². The number of anilines is 1. The van der Waals surface area contributed by atoms with E-state index in [9.17, 15) is 10.2 Å². The van der Waals surface area contributed by atoms with Gasteiger partial charge in [-0.05, 0) is 25.3 Å². The molecular formula is C14H21NO2. The van der Waals surface area contributed by atoms with Crippen LogP contribution in [-0.4, -0.2) is 29.4 Å².